The van der Waals surface area contributed by atoms with Crippen molar-refractivity contribution in [3.63, 3.8) is 0 Å². The predicted molar refractivity (Wildman–Crippen MR) is 61.0 cm³/mol. The molecular weight excluding hydrogens is 225 g/mol. The van der Waals surface area contributed by atoms with Crippen molar-refractivity contribution in [1.82, 2.24) is 5.32 Å². The zero-order valence-electron chi connectivity index (χ0n) is 7.52. The van der Waals surface area contributed by atoms with Crippen LogP contribution in [0.4, 0.5) is 0 Å². The van der Waals surface area contributed by atoms with E-state index in [2.05, 4.69) is 12.2 Å². The van der Waals surface area contributed by atoms with Crippen LogP contribution in [0, 0.1) is 0 Å². The molecule has 1 rings (SSSR count). The van der Waals surface area contributed by atoms with Crippen molar-refractivity contribution >= 4 is 34.5 Å². The van der Waals surface area contributed by atoms with Gasteiger partial charge in [-0.05, 0) is 18.6 Å². The second kappa shape index (κ2) is 5.86. The summed E-state index contributed by atoms with van der Waals surface area (Å²) < 4.78 is 0.843. The number of nitrogens with one attached hydrogen (secondary N) is 1. The fraction of sp³-hybridized carbons (Fsp3) is 0.556. The van der Waals surface area contributed by atoms with E-state index in [0.717, 1.165) is 17.3 Å². The van der Waals surface area contributed by atoms with Crippen LogP contribution in [0.25, 0.3) is 0 Å². The van der Waals surface area contributed by atoms with E-state index in [9.17, 15) is 0 Å². The van der Waals surface area contributed by atoms with Crippen molar-refractivity contribution in [3.8, 4) is 0 Å². The lowest BCUT2D eigenvalue weighted by molar-refractivity contribution is 0.542. The Morgan fingerprint density at radius 1 is 1.54 bits per heavy atom. The third-order valence-electron chi connectivity index (χ3n) is 1.87. The summed E-state index contributed by atoms with van der Waals surface area (Å²) in [5.41, 5.74) is 0. The number of rotatable bonds is 5. The van der Waals surface area contributed by atoms with Crippen molar-refractivity contribution in [2.75, 3.05) is 5.88 Å². The monoisotopic (exact) mass is 237 g/mol. The van der Waals surface area contributed by atoms with Crippen molar-refractivity contribution in [2.45, 2.75) is 25.9 Å². The second-order valence-corrected chi connectivity index (χ2v) is 4.95. The van der Waals surface area contributed by atoms with Crippen LogP contribution in [0.2, 0.25) is 4.34 Å². The molecule has 1 nitrogen and oxygen atoms in total. The number of hydrogen-bond donors (Lipinski definition) is 1. The summed E-state index contributed by atoms with van der Waals surface area (Å²) in [6.07, 6.45) is 1.06. The van der Waals surface area contributed by atoms with Crippen LogP contribution in [0.3, 0.4) is 0 Å². The molecule has 13 heavy (non-hydrogen) atoms. The van der Waals surface area contributed by atoms with Gasteiger partial charge in [0, 0.05) is 23.3 Å². The Morgan fingerprint density at radius 2 is 2.31 bits per heavy atom. The van der Waals surface area contributed by atoms with Gasteiger partial charge in [0.2, 0.25) is 0 Å². The van der Waals surface area contributed by atoms with E-state index in [1.165, 1.54) is 4.88 Å². The lowest BCUT2D eigenvalue weighted by Crippen LogP contribution is -2.28. The average molecular weight is 238 g/mol. The van der Waals surface area contributed by atoms with Crippen LogP contribution in [0.15, 0.2) is 12.1 Å². The quantitative estimate of drug-likeness (QED) is 0.774. The molecule has 1 aromatic heterocycles. The zero-order valence-corrected chi connectivity index (χ0v) is 9.85. The topological polar surface area (TPSA) is 12.0 Å². The molecule has 4 heteroatoms. The maximum Gasteiger partial charge on any atom is 0.0931 e. The molecule has 1 unspecified atom stereocenters. The molecule has 1 heterocycles. The summed E-state index contributed by atoms with van der Waals surface area (Å²) in [6.45, 7) is 2.99. The normalized spacial score (nSPS) is 13.2. The van der Waals surface area contributed by atoms with Gasteiger partial charge in [-0.25, -0.2) is 0 Å². The molecule has 1 aromatic rings. The van der Waals surface area contributed by atoms with Gasteiger partial charge < -0.3 is 5.32 Å². The lowest BCUT2D eigenvalue weighted by Gasteiger charge is -2.12. The summed E-state index contributed by atoms with van der Waals surface area (Å²) >= 11 is 13.2. The molecule has 0 aliphatic rings. The third kappa shape index (κ3) is 3.86. The van der Waals surface area contributed by atoms with Crippen molar-refractivity contribution in [1.29, 1.82) is 0 Å². The molecule has 0 saturated heterocycles. The molecule has 0 aliphatic heterocycles. The highest BCUT2D eigenvalue weighted by molar-refractivity contribution is 7.16. The van der Waals surface area contributed by atoms with Crippen LogP contribution < -0.4 is 5.32 Å². The van der Waals surface area contributed by atoms with Crippen LogP contribution in [0.1, 0.15) is 18.2 Å². The minimum atomic E-state index is 0.405. The highest BCUT2D eigenvalue weighted by atomic mass is 35.5. The third-order valence-corrected chi connectivity index (χ3v) is 3.48. The van der Waals surface area contributed by atoms with Gasteiger partial charge in [-0.15, -0.1) is 22.9 Å². The SMILES string of the molecule is CCC(CCl)NCc1ccc(Cl)s1. The molecule has 1 N–H and O–H groups in total. The van der Waals surface area contributed by atoms with Gasteiger partial charge in [-0.1, -0.05) is 18.5 Å². The molecule has 0 amide bonds. The van der Waals surface area contributed by atoms with Gasteiger partial charge in [0.05, 0.1) is 4.34 Å². The highest BCUT2D eigenvalue weighted by Gasteiger charge is 2.04. The van der Waals surface area contributed by atoms with Gasteiger partial charge in [-0.3, -0.25) is 0 Å². The minimum absolute atomic E-state index is 0.405. The summed E-state index contributed by atoms with van der Waals surface area (Å²) in [7, 11) is 0. The summed E-state index contributed by atoms with van der Waals surface area (Å²) in [5.74, 6) is 0.662. The number of alkyl halides is 1. The molecule has 0 fully saturated rings. The van der Waals surface area contributed by atoms with Gasteiger partial charge in [0.15, 0.2) is 0 Å². The average Bonchev–Trinajstić information content (AvgIpc) is 2.53. The van der Waals surface area contributed by atoms with E-state index >= 15 is 0 Å². The van der Waals surface area contributed by atoms with Crippen molar-refractivity contribution in [2.24, 2.45) is 0 Å². The van der Waals surface area contributed by atoms with Gasteiger partial charge in [-0.2, -0.15) is 0 Å². The van der Waals surface area contributed by atoms with Gasteiger partial charge in [0.1, 0.15) is 0 Å². The maximum atomic E-state index is 5.81. The van der Waals surface area contributed by atoms with E-state index in [4.69, 9.17) is 23.2 Å². The Morgan fingerprint density at radius 3 is 2.77 bits per heavy atom. The Balaban J connectivity index is 2.33. The second-order valence-electron chi connectivity index (χ2n) is 2.85. The van der Waals surface area contributed by atoms with E-state index in [0.29, 0.717) is 11.9 Å². The first-order valence-electron chi connectivity index (χ1n) is 4.29. The van der Waals surface area contributed by atoms with Gasteiger partial charge >= 0.3 is 0 Å². The fourth-order valence-corrected chi connectivity index (χ4v) is 2.37. The van der Waals surface area contributed by atoms with E-state index in [1.807, 2.05) is 12.1 Å². The largest absolute Gasteiger partial charge is 0.308 e. The first-order valence-corrected chi connectivity index (χ1v) is 6.02. The molecule has 0 radical (unpaired) electrons. The smallest absolute Gasteiger partial charge is 0.0931 e. The first kappa shape index (κ1) is 11.3. The molecule has 0 saturated carbocycles. The predicted octanol–water partition coefficient (Wildman–Crippen LogP) is 3.51. The first-order chi connectivity index (χ1) is 6.26. The summed E-state index contributed by atoms with van der Waals surface area (Å²) in [6, 6.07) is 4.37. The standard InChI is InChI=1S/C9H13Cl2NS/c1-2-7(5-10)12-6-8-3-4-9(11)13-8/h3-4,7,12H,2,5-6H2,1H3. The maximum absolute atomic E-state index is 5.81. The Hall–Kier alpha value is 0.240. The number of thiophene rings is 1. The minimum Gasteiger partial charge on any atom is -0.308 e. The molecule has 0 spiro atoms. The van der Waals surface area contributed by atoms with Crippen molar-refractivity contribution in [3.05, 3.63) is 21.3 Å². The van der Waals surface area contributed by atoms with E-state index in [1.54, 1.807) is 11.3 Å². The molecule has 0 aromatic carbocycles. The molecular formula is C9H13Cl2NS. The van der Waals surface area contributed by atoms with E-state index in [-0.39, 0.29) is 0 Å². The number of hydrogen-bond acceptors (Lipinski definition) is 2. The fourth-order valence-electron chi connectivity index (χ4n) is 1.000. The Bertz CT molecular complexity index is 246. The van der Waals surface area contributed by atoms with Gasteiger partial charge in [0.25, 0.3) is 0 Å². The summed E-state index contributed by atoms with van der Waals surface area (Å²) in [4.78, 5) is 1.26. The molecule has 0 aliphatic carbocycles. The molecule has 74 valence electrons. The summed E-state index contributed by atoms with van der Waals surface area (Å²) in [5, 5.41) is 3.37. The van der Waals surface area contributed by atoms with Crippen LogP contribution in [-0.4, -0.2) is 11.9 Å². The zero-order chi connectivity index (χ0) is 9.68. The Kier molecular flexibility index (Phi) is 5.10. The number of halogens is 2. The molecule has 0 bridgehead atoms. The lowest BCUT2D eigenvalue weighted by atomic mass is 10.2. The molecule has 1 atom stereocenters. The van der Waals surface area contributed by atoms with Crippen LogP contribution in [-0.2, 0) is 6.54 Å². The van der Waals surface area contributed by atoms with E-state index < -0.39 is 0 Å². The highest BCUT2D eigenvalue weighted by Crippen LogP contribution is 2.21. The van der Waals surface area contributed by atoms with Crippen LogP contribution >= 0.6 is 34.5 Å². The Labute approximate surface area is 93.1 Å². The van der Waals surface area contributed by atoms with Crippen LogP contribution in [0.5, 0.6) is 0 Å². The van der Waals surface area contributed by atoms with Crippen molar-refractivity contribution < 1.29 is 0 Å².